The van der Waals surface area contributed by atoms with Crippen molar-refractivity contribution in [1.82, 2.24) is 14.9 Å². The SMILES string of the molecule is COC(=O)c1ccc(OC)c(NC(=O)N2CCc3[nH]cnc3C2c2ccccc2OC(F)(F)F)c1. The predicted octanol–water partition coefficient (Wildman–Crippen LogP) is 4.28. The van der Waals surface area contributed by atoms with Gasteiger partial charge >= 0.3 is 18.4 Å². The van der Waals surface area contributed by atoms with E-state index in [2.05, 4.69) is 20.0 Å². The Morgan fingerprint density at radius 2 is 1.91 bits per heavy atom. The average Bonchev–Trinajstić information content (AvgIpc) is 3.31. The highest BCUT2D eigenvalue weighted by Gasteiger charge is 2.39. The van der Waals surface area contributed by atoms with Crippen LogP contribution in [-0.4, -0.2) is 54.0 Å². The second kappa shape index (κ2) is 9.57. The van der Waals surface area contributed by atoms with Crippen molar-refractivity contribution < 1.29 is 37.0 Å². The first kappa shape index (κ1) is 23.9. The number of methoxy groups -OCH3 is 2. The van der Waals surface area contributed by atoms with E-state index in [1.165, 1.54) is 61.8 Å². The maximum atomic E-state index is 13.4. The summed E-state index contributed by atoms with van der Waals surface area (Å²) in [5.74, 6) is -0.775. The fourth-order valence-electron chi connectivity index (χ4n) is 3.97. The molecule has 0 bridgehead atoms. The number of hydrogen-bond donors (Lipinski definition) is 2. The van der Waals surface area contributed by atoms with Crippen LogP contribution in [0, 0.1) is 0 Å². The standard InChI is InChI=1S/C23H21F3N4O5/c1-33-18-8-7-13(21(31)34-2)11-16(18)29-22(32)30-10-9-15-19(28-12-27-15)20(30)14-5-3-4-6-17(14)35-23(24,25)26/h3-8,11-12,20H,9-10H2,1-2H3,(H,27,28)(H,29,32). The quantitative estimate of drug-likeness (QED) is 0.517. The van der Waals surface area contributed by atoms with Crippen molar-refractivity contribution in [2.75, 3.05) is 26.1 Å². The van der Waals surface area contributed by atoms with Crippen LogP contribution in [0.25, 0.3) is 0 Å². The number of ether oxygens (including phenoxy) is 3. The number of aromatic nitrogens is 2. The Bertz CT molecular complexity index is 1240. The lowest BCUT2D eigenvalue weighted by atomic mass is 9.95. The topological polar surface area (TPSA) is 106 Å². The summed E-state index contributed by atoms with van der Waals surface area (Å²) in [6.45, 7) is 0.172. The molecule has 0 fully saturated rings. The van der Waals surface area contributed by atoms with Gasteiger partial charge in [0.2, 0.25) is 0 Å². The molecule has 3 aromatic rings. The number of fused-ring (bicyclic) bond motifs is 1. The molecular weight excluding hydrogens is 469 g/mol. The molecule has 4 rings (SSSR count). The van der Waals surface area contributed by atoms with E-state index in [-0.39, 0.29) is 29.1 Å². The zero-order valence-electron chi connectivity index (χ0n) is 18.7. The molecule has 184 valence electrons. The number of aromatic amines is 1. The molecule has 0 saturated carbocycles. The van der Waals surface area contributed by atoms with E-state index >= 15 is 0 Å². The van der Waals surface area contributed by atoms with E-state index in [1.54, 1.807) is 6.07 Å². The number of nitrogens with one attached hydrogen (secondary N) is 2. The van der Waals surface area contributed by atoms with Gasteiger partial charge in [0.15, 0.2) is 0 Å². The van der Waals surface area contributed by atoms with Crippen LogP contribution in [-0.2, 0) is 11.2 Å². The van der Waals surface area contributed by atoms with E-state index in [4.69, 9.17) is 9.47 Å². The Kier molecular flexibility index (Phi) is 6.54. The minimum Gasteiger partial charge on any atom is -0.495 e. The number of esters is 1. The normalized spacial score (nSPS) is 15.2. The van der Waals surface area contributed by atoms with Crippen LogP contribution < -0.4 is 14.8 Å². The van der Waals surface area contributed by atoms with Crippen molar-refractivity contribution in [1.29, 1.82) is 0 Å². The number of imidazole rings is 1. The molecule has 12 heteroatoms. The summed E-state index contributed by atoms with van der Waals surface area (Å²) < 4.78 is 53.5. The van der Waals surface area contributed by atoms with Crippen LogP contribution in [0.15, 0.2) is 48.8 Å². The lowest BCUT2D eigenvalue weighted by molar-refractivity contribution is -0.275. The molecule has 1 atom stereocenters. The maximum absolute atomic E-state index is 13.4. The highest BCUT2D eigenvalue weighted by atomic mass is 19.4. The summed E-state index contributed by atoms with van der Waals surface area (Å²) in [4.78, 5) is 34.0. The van der Waals surface area contributed by atoms with Gasteiger partial charge in [0.1, 0.15) is 17.5 Å². The maximum Gasteiger partial charge on any atom is 0.573 e. The van der Waals surface area contributed by atoms with Gasteiger partial charge in [0, 0.05) is 24.2 Å². The minimum absolute atomic E-state index is 0.114. The fourth-order valence-corrected chi connectivity index (χ4v) is 3.97. The number of anilines is 1. The number of para-hydroxylation sites is 1. The van der Waals surface area contributed by atoms with Crippen LogP contribution in [0.2, 0.25) is 0 Å². The van der Waals surface area contributed by atoms with Gasteiger partial charge in [0.05, 0.1) is 37.5 Å². The summed E-state index contributed by atoms with van der Waals surface area (Å²) in [5, 5.41) is 2.69. The van der Waals surface area contributed by atoms with E-state index < -0.39 is 30.2 Å². The number of urea groups is 1. The Morgan fingerprint density at radius 3 is 2.63 bits per heavy atom. The number of H-pyrrole nitrogens is 1. The summed E-state index contributed by atoms with van der Waals surface area (Å²) in [6.07, 6.45) is -3.09. The largest absolute Gasteiger partial charge is 0.573 e. The van der Waals surface area contributed by atoms with Crippen LogP contribution in [0.3, 0.4) is 0 Å². The number of carbonyl (C=O) groups excluding carboxylic acids is 2. The zero-order chi connectivity index (χ0) is 25.2. The molecule has 1 aliphatic heterocycles. The summed E-state index contributed by atoms with van der Waals surface area (Å²) in [5.41, 5.74) is 1.58. The number of alkyl halides is 3. The van der Waals surface area contributed by atoms with Gasteiger partial charge in [-0.25, -0.2) is 14.6 Å². The molecule has 1 aliphatic rings. The van der Waals surface area contributed by atoms with Crippen molar-refractivity contribution in [3.63, 3.8) is 0 Å². The van der Waals surface area contributed by atoms with Crippen LogP contribution in [0.5, 0.6) is 11.5 Å². The number of hydrogen-bond acceptors (Lipinski definition) is 6. The Hall–Kier alpha value is -4.22. The molecular formula is C23H21F3N4O5. The molecule has 1 aromatic heterocycles. The van der Waals surface area contributed by atoms with E-state index in [0.717, 1.165) is 0 Å². The Morgan fingerprint density at radius 1 is 1.14 bits per heavy atom. The van der Waals surface area contributed by atoms with Crippen LogP contribution >= 0.6 is 0 Å². The molecule has 2 amide bonds. The molecule has 1 unspecified atom stereocenters. The molecule has 2 N–H and O–H groups in total. The zero-order valence-corrected chi connectivity index (χ0v) is 18.7. The van der Waals surface area contributed by atoms with Crippen molar-refractivity contribution in [3.8, 4) is 11.5 Å². The average molecular weight is 490 g/mol. The highest BCUT2D eigenvalue weighted by molar-refractivity contribution is 5.95. The Balaban J connectivity index is 1.72. The second-order valence-electron chi connectivity index (χ2n) is 7.53. The van der Waals surface area contributed by atoms with Gasteiger partial charge in [-0.3, -0.25) is 0 Å². The van der Waals surface area contributed by atoms with Crippen molar-refractivity contribution in [2.24, 2.45) is 0 Å². The molecule has 35 heavy (non-hydrogen) atoms. The van der Waals surface area contributed by atoms with Gasteiger partial charge in [-0.1, -0.05) is 18.2 Å². The van der Waals surface area contributed by atoms with E-state index in [1.807, 2.05) is 0 Å². The predicted molar refractivity (Wildman–Crippen MR) is 117 cm³/mol. The number of rotatable bonds is 5. The van der Waals surface area contributed by atoms with Gasteiger partial charge in [0.25, 0.3) is 0 Å². The minimum atomic E-state index is -4.92. The first-order chi connectivity index (χ1) is 16.7. The van der Waals surface area contributed by atoms with Gasteiger partial charge in [-0.15, -0.1) is 13.2 Å². The van der Waals surface area contributed by atoms with Crippen molar-refractivity contribution in [2.45, 2.75) is 18.8 Å². The van der Waals surface area contributed by atoms with Crippen LogP contribution in [0.1, 0.15) is 33.4 Å². The lowest BCUT2D eigenvalue weighted by Crippen LogP contribution is -2.43. The third-order valence-corrected chi connectivity index (χ3v) is 5.49. The van der Waals surface area contributed by atoms with Crippen molar-refractivity contribution in [3.05, 3.63) is 71.3 Å². The molecule has 0 radical (unpaired) electrons. The second-order valence-corrected chi connectivity index (χ2v) is 7.53. The van der Waals surface area contributed by atoms with Gasteiger partial charge in [-0.05, 0) is 24.3 Å². The first-order valence-corrected chi connectivity index (χ1v) is 10.4. The molecule has 0 saturated heterocycles. The fraction of sp³-hybridized carbons (Fsp3) is 0.261. The van der Waals surface area contributed by atoms with Crippen molar-refractivity contribution >= 4 is 17.7 Å². The van der Waals surface area contributed by atoms with Crippen LogP contribution in [0.4, 0.5) is 23.7 Å². The number of carbonyl (C=O) groups is 2. The number of amides is 2. The summed E-state index contributed by atoms with van der Waals surface area (Å²) >= 11 is 0. The third kappa shape index (κ3) is 5.00. The van der Waals surface area contributed by atoms with Gasteiger partial charge < -0.3 is 29.4 Å². The lowest BCUT2D eigenvalue weighted by Gasteiger charge is -2.36. The molecule has 2 heterocycles. The highest BCUT2D eigenvalue weighted by Crippen LogP contribution is 2.40. The van der Waals surface area contributed by atoms with E-state index in [9.17, 15) is 22.8 Å². The summed E-state index contributed by atoms with van der Waals surface area (Å²) in [6, 6.07) is 8.35. The number of benzene rings is 2. The Labute approximate surface area is 197 Å². The first-order valence-electron chi connectivity index (χ1n) is 10.4. The monoisotopic (exact) mass is 490 g/mol. The number of nitrogens with zero attached hydrogens (tertiary/aromatic N) is 2. The third-order valence-electron chi connectivity index (χ3n) is 5.49. The molecule has 0 aliphatic carbocycles. The smallest absolute Gasteiger partial charge is 0.495 e. The number of halogens is 3. The molecule has 2 aromatic carbocycles. The van der Waals surface area contributed by atoms with E-state index in [0.29, 0.717) is 17.8 Å². The molecule has 9 nitrogen and oxygen atoms in total. The summed E-state index contributed by atoms with van der Waals surface area (Å²) in [7, 11) is 2.62. The molecule has 0 spiro atoms. The van der Waals surface area contributed by atoms with Gasteiger partial charge in [-0.2, -0.15) is 0 Å².